The predicted octanol–water partition coefficient (Wildman–Crippen LogP) is 1.81. The van der Waals surface area contributed by atoms with Crippen LogP contribution in [0, 0.1) is 13.8 Å². The first-order chi connectivity index (χ1) is 9.44. The lowest BCUT2D eigenvalue weighted by molar-refractivity contribution is 0.562. The van der Waals surface area contributed by atoms with Crippen molar-refractivity contribution in [3.05, 3.63) is 28.8 Å². The molecule has 1 aliphatic rings. The summed E-state index contributed by atoms with van der Waals surface area (Å²) in [6, 6.07) is 3.89. The molecule has 1 unspecified atom stereocenters. The van der Waals surface area contributed by atoms with Crippen LogP contribution in [0.15, 0.2) is 17.0 Å². The summed E-state index contributed by atoms with van der Waals surface area (Å²) >= 11 is 1.80. The minimum atomic E-state index is -3.43. The lowest BCUT2D eigenvalue weighted by Crippen LogP contribution is -2.35. The summed E-state index contributed by atoms with van der Waals surface area (Å²) in [6.07, 6.45) is 0.915. The maximum Gasteiger partial charge on any atom is 0.241 e. The quantitative estimate of drug-likeness (QED) is 0.870. The molecule has 1 aliphatic heterocycles. The molecular weight excluding hydrogens is 292 g/mol. The molecular formula is C14H22N2O2S2. The Morgan fingerprint density at radius 2 is 2.10 bits per heavy atom. The summed E-state index contributed by atoms with van der Waals surface area (Å²) in [5, 5.41) is 3.06. The van der Waals surface area contributed by atoms with Crippen LogP contribution in [-0.2, 0) is 16.6 Å². The van der Waals surface area contributed by atoms with Gasteiger partial charge in [-0.3, -0.25) is 0 Å². The van der Waals surface area contributed by atoms with Gasteiger partial charge in [0.25, 0.3) is 0 Å². The lowest BCUT2D eigenvalue weighted by Gasteiger charge is -2.16. The fourth-order valence-corrected chi connectivity index (χ4v) is 5.29. The van der Waals surface area contributed by atoms with Gasteiger partial charge in [-0.15, -0.1) is 0 Å². The number of hydrogen-bond acceptors (Lipinski definition) is 4. The topological polar surface area (TPSA) is 58.2 Å². The molecule has 1 heterocycles. The van der Waals surface area contributed by atoms with Gasteiger partial charge in [-0.1, -0.05) is 6.07 Å². The van der Waals surface area contributed by atoms with Crippen LogP contribution in [0.25, 0.3) is 0 Å². The Bertz CT molecular complexity index is 579. The largest absolute Gasteiger partial charge is 0.316 e. The number of aryl methyl sites for hydroxylation is 1. The number of hydrogen-bond donors (Lipinski definition) is 2. The average Bonchev–Trinajstić information content (AvgIpc) is 2.85. The highest BCUT2D eigenvalue weighted by Crippen LogP contribution is 2.24. The first-order valence-corrected chi connectivity index (χ1v) is 9.42. The van der Waals surface area contributed by atoms with Gasteiger partial charge in [0.1, 0.15) is 0 Å². The summed E-state index contributed by atoms with van der Waals surface area (Å²) in [5.74, 6) is 1.90. The van der Waals surface area contributed by atoms with Crippen LogP contribution in [-0.4, -0.2) is 33.0 Å². The Kier molecular flexibility index (Phi) is 5.12. The van der Waals surface area contributed by atoms with Crippen molar-refractivity contribution in [3.63, 3.8) is 0 Å². The number of rotatable bonds is 5. The molecule has 1 aromatic rings. The van der Waals surface area contributed by atoms with Crippen molar-refractivity contribution in [1.82, 2.24) is 10.0 Å². The minimum absolute atomic E-state index is 0.0673. The Balaban J connectivity index is 2.33. The average molecular weight is 314 g/mol. The first kappa shape index (κ1) is 15.8. The van der Waals surface area contributed by atoms with E-state index in [4.69, 9.17) is 0 Å². The molecule has 0 radical (unpaired) electrons. The first-order valence-electron chi connectivity index (χ1n) is 6.79. The third-order valence-electron chi connectivity index (χ3n) is 3.60. The van der Waals surface area contributed by atoms with Crippen LogP contribution in [0.2, 0.25) is 0 Å². The van der Waals surface area contributed by atoms with Crippen molar-refractivity contribution in [3.8, 4) is 0 Å². The fraction of sp³-hybridized carbons (Fsp3) is 0.571. The van der Waals surface area contributed by atoms with E-state index < -0.39 is 10.0 Å². The molecule has 1 saturated heterocycles. The van der Waals surface area contributed by atoms with E-state index in [1.807, 2.05) is 27.0 Å². The van der Waals surface area contributed by atoms with Gasteiger partial charge in [-0.05, 0) is 55.8 Å². The fourth-order valence-electron chi connectivity index (χ4n) is 2.39. The van der Waals surface area contributed by atoms with Crippen molar-refractivity contribution >= 4 is 21.8 Å². The van der Waals surface area contributed by atoms with E-state index >= 15 is 0 Å². The monoisotopic (exact) mass is 314 g/mol. The van der Waals surface area contributed by atoms with E-state index in [9.17, 15) is 8.42 Å². The Morgan fingerprint density at radius 3 is 2.70 bits per heavy atom. The lowest BCUT2D eigenvalue weighted by atomic mass is 10.1. The van der Waals surface area contributed by atoms with E-state index in [0.29, 0.717) is 11.4 Å². The highest BCUT2D eigenvalue weighted by atomic mass is 32.2. The number of thioether (sulfide) groups is 1. The molecule has 1 aromatic carbocycles. The molecule has 2 N–H and O–H groups in total. The highest BCUT2D eigenvalue weighted by Gasteiger charge is 2.25. The van der Waals surface area contributed by atoms with Crippen LogP contribution in [0.3, 0.4) is 0 Å². The zero-order chi connectivity index (χ0) is 14.8. The molecule has 2 rings (SSSR count). The normalized spacial score (nSPS) is 19.4. The van der Waals surface area contributed by atoms with Crippen molar-refractivity contribution in [2.24, 2.45) is 0 Å². The summed E-state index contributed by atoms with van der Waals surface area (Å²) in [4.78, 5) is 0.416. The minimum Gasteiger partial charge on any atom is -0.316 e. The van der Waals surface area contributed by atoms with Gasteiger partial charge in [0.05, 0.1) is 4.90 Å². The van der Waals surface area contributed by atoms with E-state index in [0.717, 1.165) is 34.6 Å². The Labute approximate surface area is 125 Å². The van der Waals surface area contributed by atoms with Crippen LogP contribution in [0.1, 0.15) is 23.1 Å². The van der Waals surface area contributed by atoms with Gasteiger partial charge in [0, 0.05) is 18.3 Å². The predicted molar refractivity (Wildman–Crippen MR) is 84.7 cm³/mol. The standard InChI is InChI=1S/C14H22N2O2S2/c1-10-6-12(8-15-3)7-14(11(10)2)20(17,18)16-13-4-5-19-9-13/h6-7,13,15-16H,4-5,8-9H2,1-3H3. The van der Waals surface area contributed by atoms with Crippen molar-refractivity contribution in [2.75, 3.05) is 18.6 Å². The van der Waals surface area contributed by atoms with Gasteiger partial charge in [-0.25, -0.2) is 13.1 Å². The second-order valence-corrected chi connectivity index (χ2v) is 8.08. The molecule has 1 fully saturated rings. The van der Waals surface area contributed by atoms with Gasteiger partial charge < -0.3 is 5.32 Å². The molecule has 6 heteroatoms. The molecule has 0 aliphatic carbocycles. The van der Waals surface area contributed by atoms with Gasteiger partial charge in [0.15, 0.2) is 0 Å². The zero-order valence-corrected chi connectivity index (χ0v) is 13.8. The van der Waals surface area contributed by atoms with Gasteiger partial charge >= 0.3 is 0 Å². The smallest absolute Gasteiger partial charge is 0.241 e. The molecule has 0 spiro atoms. The summed E-state index contributed by atoms with van der Waals surface area (Å²) in [5.41, 5.74) is 2.85. The van der Waals surface area contributed by atoms with Gasteiger partial charge in [-0.2, -0.15) is 11.8 Å². The van der Waals surface area contributed by atoms with Gasteiger partial charge in [0.2, 0.25) is 10.0 Å². The van der Waals surface area contributed by atoms with Crippen LogP contribution >= 0.6 is 11.8 Å². The molecule has 1 atom stereocenters. The van der Waals surface area contributed by atoms with E-state index in [1.54, 1.807) is 17.8 Å². The molecule has 0 bridgehead atoms. The van der Waals surface area contributed by atoms with E-state index in [2.05, 4.69) is 10.0 Å². The zero-order valence-electron chi connectivity index (χ0n) is 12.2. The van der Waals surface area contributed by atoms with E-state index in [-0.39, 0.29) is 6.04 Å². The second-order valence-electron chi connectivity index (χ2n) is 5.25. The van der Waals surface area contributed by atoms with Crippen LogP contribution in [0.4, 0.5) is 0 Å². The van der Waals surface area contributed by atoms with Crippen LogP contribution in [0.5, 0.6) is 0 Å². The SMILES string of the molecule is CNCc1cc(C)c(C)c(S(=O)(=O)NC2CCSC2)c1. The summed E-state index contributed by atoms with van der Waals surface area (Å²) in [6.45, 7) is 4.50. The molecule has 0 aromatic heterocycles. The summed E-state index contributed by atoms with van der Waals surface area (Å²) < 4.78 is 28.0. The molecule has 0 amide bonds. The molecule has 112 valence electrons. The third kappa shape index (κ3) is 3.55. The second kappa shape index (κ2) is 6.47. The van der Waals surface area contributed by atoms with Crippen molar-refractivity contribution in [2.45, 2.75) is 37.8 Å². The third-order valence-corrected chi connectivity index (χ3v) is 6.41. The number of benzene rings is 1. The highest BCUT2D eigenvalue weighted by molar-refractivity contribution is 7.99. The summed E-state index contributed by atoms with van der Waals surface area (Å²) in [7, 11) is -1.57. The number of sulfonamides is 1. The molecule has 20 heavy (non-hydrogen) atoms. The van der Waals surface area contributed by atoms with E-state index in [1.165, 1.54) is 0 Å². The Morgan fingerprint density at radius 1 is 1.35 bits per heavy atom. The van der Waals surface area contributed by atoms with Crippen LogP contribution < -0.4 is 10.0 Å². The number of nitrogens with one attached hydrogen (secondary N) is 2. The van der Waals surface area contributed by atoms with Crippen molar-refractivity contribution in [1.29, 1.82) is 0 Å². The molecule has 4 nitrogen and oxygen atoms in total. The Hall–Kier alpha value is -0.560. The molecule has 0 saturated carbocycles. The maximum absolute atomic E-state index is 12.6. The maximum atomic E-state index is 12.6. The van der Waals surface area contributed by atoms with Crippen molar-refractivity contribution < 1.29 is 8.42 Å².